The second-order valence-electron chi connectivity index (χ2n) is 7.01. The van der Waals surface area contributed by atoms with E-state index in [0.29, 0.717) is 23.9 Å². The first-order valence-corrected chi connectivity index (χ1v) is 9.91. The fourth-order valence-corrected chi connectivity index (χ4v) is 5.30. The molecule has 0 radical (unpaired) electrons. The third-order valence-electron chi connectivity index (χ3n) is 4.58. The predicted molar refractivity (Wildman–Crippen MR) is 96.3 cm³/mol. The normalized spacial score (nSPS) is 23.0. The third-order valence-corrected chi connectivity index (χ3v) is 6.62. The molecule has 0 bridgehead atoms. The number of pyridine rings is 1. The molecule has 0 amide bonds. The van der Waals surface area contributed by atoms with Crippen LogP contribution in [-0.4, -0.2) is 42.9 Å². The number of nitrogens with zero attached hydrogens (tertiary/aromatic N) is 2. The maximum Gasteiger partial charge on any atom is 0.244 e. The van der Waals surface area contributed by atoms with Crippen molar-refractivity contribution in [2.75, 3.05) is 13.1 Å². The van der Waals surface area contributed by atoms with Crippen molar-refractivity contribution in [1.82, 2.24) is 14.6 Å². The number of aromatic nitrogens is 1. The monoisotopic (exact) mass is 347 g/mol. The molecule has 1 aliphatic rings. The molecule has 5 nitrogen and oxygen atoms in total. The van der Waals surface area contributed by atoms with E-state index in [9.17, 15) is 8.42 Å². The van der Waals surface area contributed by atoms with Gasteiger partial charge >= 0.3 is 0 Å². The highest BCUT2D eigenvalue weighted by Gasteiger charge is 2.35. The van der Waals surface area contributed by atoms with Gasteiger partial charge in [-0.05, 0) is 31.4 Å². The number of nitrogens with one attached hydrogen (secondary N) is 1. The van der Waals surface area contributed by atoms with Gasteiger partial charge in [0, 0.05) is 48.3 Å². The van der Waals surface area contributed by atoms with E-state index in [1.54, 1.807) is 34.9 Å². The molecule has 3 rings (SSSR count). The molecular formula is C18H25N3O2S. The first-order chi connectivity index (χ1) is 11.4. The Kier molecular flexibility index (Phi) is 4.90. The van der Waals surface area contributed by atoms with Crippen molar-refractivity contribution in [1.29, 1.82) is 0 Å². The van der Waals surface area contributed by atoms with Crippen molar-refractivity contribution in [2.45, 2.75) is 44.2 Å². The van der Waals surface area contributed by atoms with Gasteiger partial charge in [0.1, 0.15) is 0 Å². The van der Waals surface area contributed by atoms with E-state index < -0.39 is 10.0 Å². The van der Waals surface area contributed by atoms with Crippen LogP contribution < -0.4 is 5.32 Å². The van der Waals surface area contributed by atoms with Gasteiger partial charge in [-0.25, -0.2) is 8.42 Å². The molecule has 130 valence electrons. The molecule has 2 heterocycles. The van der Waals surface area contributed by atoms with Crippen LogP contribution in [0.5, 0.6) is 0 Å². The molecule has 0 aliphatic carbocycles. The fraction of sp³-hybridized carbons (Fsp3) is 0.500. The van der Waals surface area contributed by atoms with Crippen LogP contribution >= 0.6 is 0 Å². The van der Waals surface area contributed by atoms with Gasteiger partial charge in [0.05, 0.1) is 4.90 Å². The SMILES string of the molecule is CC(C)CC1CN(S(=O)(=O)c2cccc3cnccc23)C(C)CN1. The predicted octanol–water partition coefficient (Wildman–Crippen LogP) is 2.63. The molecule has 2 aromatic rings. The number of sulfonamides is 1. The molecule has 1 aliphatic heterocycles. The Hall–Kier alpha value is -1.50. The van der Waals surface area contributed by atoms with Crippen molar-refractivity contribution in [2.24, 2.45) is 5.92 Å². The minimum atomic E-state index is -3.54. The van der Waals surface area contributed by atoms with Crippen LogP contribution in [0, 0.1) is 5.92 Å². The summed E-state index contributed by atoms with van der Waals surface area (Å²) in [5.74, 6) is 0.532. The second-order valence-corrected chi connectivity index (χ2v) is 8.87. The van der Waals surface area contributed by atoms with Gasteiger partial charge in [0.25, 0.3) is 0 Å². The van der Waals surface area contributed by atoms with E-state index in [1.807, 2.05) is 13.0 Å². The molecule has 1 aromatic heterocycles. The molecular weight excluding hydrogens is 322 g/mol. The van der Waals surface area contributed by atoms with Gasteiger partial charge in [0.15, 0.2) is 0 Å². The maximum atomic E-state index is 13.3. The quantitative estimate of drug-likeness (QED) is 0.923. The van der Waals surface area contributed by atoms with Gasteiger partial charge < -0.3 is 5.32 Å². The summed E-state index contributed by atoms with van der Waals surface area (Å²) in [6.45, 7) is 7.49. The van der Waals surface area contributed by atoms with E-state index in [0.717, 1.165) is 17.2 Å². The van der Waals surface area contributed by atoms with E-state index in [1.165, 1.54) is 0 Å². The smallest absolute Gasteiger partial charge is 0.244 e. The lowest BCUT2D eigenvalue weighted by Gasteiger charge is -2.38. The van der Waals surface area contributed by atoms with Crippen molar-refractivity contribution in [3.8, 4) is 0 Å². The number of rotatable bonds is 4. The van der Waals surface area contributed by atoms with Crippen LogP contribution in [-0.2, 0) is 10.0 Å². The lowest BCUT2D eigenvalue weighted by Crippen LogP contribution is -2.57. The Bertz CT molecular complexity index is 815. The van der Waals surface area contributed by atoms with Crippen molar-refractivity contribution >= 4 is 20.8 Å². The fourth-order valence-electron chi connectivity index (χ4n) is 3.41. The average molecular weight is 347 g/mol. The second kappa shape index (κ2) is 6.78. The zero-order valence-corrected chi connectivity index (χ0v) is 15.3. The summed E-state index contributed by atoms with van der Waals surface area (Å²) >= 11 is 0. The summed E-state index contributed by atoms with van der Waals surface area (Å²) in [7, 11) is -3.54. The van der Waals surface area contributed by atoms with Crippen LogP contribution in [0.1, 0.15) is 27.2 Å². The molecule has 1 aromatic carbocycles. The first kappa shape index (κ1) is 17.3. The van der Waals surface area contributed by atoms with E-state index in [4.69, 9.17) is 0 Å². The molecule has 6 heteroatoms. The maximum absolute atomic E-state index is 13.3. The van der Waals surface area contributed by atoms with Gasteiger partial charge in [0.2, 0.25) is 10.0 Å². The van der Waals surface area contributed by atoms with Gasteiger partial charge in [-0.1, -0.05) is 26.0 Å². The third kappa shape index (κ3) is 3.31. The van der Waals surface area contributed by atoms with Crippen molar-refractivity contribution in [3.05, 3.63) is 36.7 Å². The van der Waals surface area contributed by atoms with Crippen LogP contribution in [0.25, 0.3) is 10.8 Å². The summed E-state index contributed by atoms with van der Waals surface area (Å²) in [5, 5.41) is 5.06. The van der Waals surface area contributed by atoms with Crippen LogP contribution in [0.2, 0.25) is 0 Å². The first-order valence-electron chi connectivity index (χ1n) is 8.47. The minimum absolute atomic E-state index is 0.0597. The minimum Gasteiger partial charge on any atom is -0.311 e. The molecule has 24 heavy (non-hydrogen) atoms. The summed E-state index contributed by atoms with van der Waals surface area (Å²) in [5.41, 5.74) is 0. The van der Waals surface area contributed by atoms with Crippen molar-refractivity contribution in [3.63, 3.8) is 0 Å². The topological polar surface area (TPSA) is 62.3 Å². The van der Waals surface area contributed by atoms with Crippen LogP contribution in [0.15, 0.2) is 41.6 Å². The molecule has 1 saturated heterocycles. The van der Waals surface area contributed by atoms with Gasteiger partial charge in [-0.15, -0.1) is 0 Å². The average Bonchev–Trinajstić information content (AvgIpc) is 2.55. The zero-order valence-electron chi connectivity index (χ0n) is 14.4. The zero-order chi connectivity index (χ0) is 17.3. The number of hydrogen-bond donors (Lipinski definition) is 1. The van der Waals surface area contributed by atoms with Crippen LogP contribution in [0.3, 0.4) is 0 Å². The molecule has 2 atom stereocenters. The largest absolute Gasteiger partial charge is 0.311 e. The summed E-state index contributed by atoms with van der Waals surface area (Å²) in [4.78, 5) is 4.46. The molecule has 2 unspecified atom stereocenters. The molecule has 0 saturated carbocycles. The van der Waals surface area contributed by atoms with Gasteiger partial charge in [-0.2, -0.15) is 4.31 Å². The lowest BCUT2D eigenvalue weighted by atomic mass is 10.0. The summed E-state index contributed by atoms with van der Waals surface area (Å²) in [6, 6.07) is 7.30. The number of benzene rings is 1. The van der Waals surface area contributed by atoms with Crippen molar-refractivity contribution < 1.29 is 8.42 Å². The Morgan fingerprint density at radius 3 is 2.88 bits per heavy atom. The highest BCUT2D eigenvalue weighted by molar-refractivity contribution is 7.89. The van der Waals surface area contributed by atoms with Crippen LogP contribution in [0.4, 0.5) is 0 Å². The summed E-state index contributed by atoms with van der Waals surface area (Å²) in [6.07, 6.45) is 4.32. The van der Waals surface area contributed by atoms with E-state index in [-0.39, 0.29) is 12.1 Å². The molecule has 1 N–H and O–H groups in total. The lowest BCUT2D eigenvalue weighted by molar-refractivity contribution is 0.219. The summed E-state index contributed by atoms with van der Waals surface area (Å²) < 4.78 is 28.3. The van der Waals surface area contributed by atoms with E-state index >= 15 is 0 Å². The number of fused-ring (bicyclic) bond motifs is 1. The number of piperazine rings is 1. The Balaban J connectivity index is 1.99. The Morgan fingerprint density at radius 1 is 1.33 bits per heavy atom. The highest BCUT2D eigenvalue weighted by atomic mass is 32.2. The Labute approximate surface area is 144 Å². The van der Waals surface area contributed by atoms with Gasteiger partial charge in [-0.3, -0.25) is 4.98 Å². The number of hydrogen-bond acceptors (Lipinski definition) is 4. The Morgan fingerprint density at radius 2 is 2.12 bits per heavy atom. The molecule has 1 fully saturated rings. The standard InChI is InChI=1S/C18H25N3O2S/c1-13(2)9-16-12-21(14(3)10-20-16)24(22,23)18-6-4-5-15-11-19-8-7-17(15)18/h4-8,11,13-14,16,20H,9-10,12H2,1-3H3. The molecule has 0 spiro atoms. The van der Waals surface area contributed by atoms with E-state index in [2.05, 4.69) is 24.1 Å². The highest BCUT2D eigenvalue weighted by Crippen LogP contribution is 2.28.